The minimum Gasteiger partial charge on any atom is -0.299 e. The third-order valence-electron chi connectivity index (χ3n) is 7.83. The molecule has 5 atom stereocenters. The van der Waals surface area contributed by atoms with E-state index in [1.807, 2.05) is 6.08 Å². The highest BCUT2D eigenvalue weighted by atomic mass is 16.1. The predicted molar refractivity (Wildman–Crippen MR) is 89.5 cm³/mol. The molecule has 4 rings (SSSR count). The number of hydrogen-bond acceptors (Lipinski definition) is 2. The second kappa shape index (κ2) is 5.07. The lowest BCUT2D eigenvalue weighted by molar-refractivity contribution is -0.133. The Labute approximate surface area is 139 Å². The molecule has 3 fully saturated rings. The second-order valence-corrected chi connectivity index (χ2v) is 8.51. The third-order valence-corrected chi connectivity index (χ3v) is 7.83. The van der Waals surface area contributed by atoms with E-state index in [0.717, 1.165) is 44.9 Å². The summed E-state index contributed by atoms with van der Waals surface area (Å²) < 4.78 is 0. The van der Waals surface area contributed by atoms with E-state index in [9.17, 15) is 9.59 Å². The van der Waals surface area contributed by atoms with Gasteiger partial charge in [-0.2, -0.15) is 0 Å². The Morgan fingerprint density at radius 2 is 1.96 bits per heavy atom. The number of allylic oxidation sites excluding steroid dienone is 1. The highest BCUT2D eigenvalue weighted by Gasteiger charge is 2.60. The van der Waals surface area contributed by atoms with Crippen LogP contribution in [0.2, 0.25) is 0 Å². The number of terminal acetylenes is 1. The molecule has 0 amide bonds. The van der Waals surface area contributed by atoms with Crippen molar-refractivity contribution in [1.82, 2.24) is 0 Å². The van der Waals surface area contributed by atoms with E-state index in [1.165, 1.54) is 5.57 Å². The first kappa shape index (κ1) is 15.2. The number of carbonyl (C=O) groups excluding carboxylic acids is 2. The lowest BCUT2D eigenvalue weighted by Crippen LogP contribution is -2.51. The van der Waals surface area contributed by atoms with Gasteiger partial charge >= 0.3 is 0 Å². The zero-order valence-electron chi connectivity index (χ0n) is 14.1. The Morgan fingerprint density at radius 1 is 1.13 bits per heavy atom. The van der Waals surface area contributed by atoms with Gasteiger partial charge in [-0.1, -0.05) is 12.5 Å². The molecular weight excluding hydrogens is 284 g/mol. The Hall–Kier alpha value is -1.36. The van der Waals surface area contributed by atoms with Crippen LogP contribution in [-0.2, 0) is 9.59 Å². The number of rotatable bonds is 1. The van der Waals surface area contributed by atoms with Crippen LogP contribution in [0.3, 0.4) is 0 Å². The monoisotopic (exact) mass is 310 g/mol. The van der Waals surface area contributed by atoms with Gasteiger partial charge < -0.3 is 0 Å². The Morgan fingerprint density at radius 3 is 2.74 bits per heavy atom. The molecule has 4 aliphatic rings. The van der Waals surface area contributed by atoms with Crippen molar-refractivity contribution in [2.75, 3.05) is 0 Å². The summed E-state index contributed by atoms with van der Waals surface area (Å²) in [6.45, 7) is 2.38. The number of fused-ring (bicyclic) bond motifs is 5. The van der Waals surface area contributed by atoms with Crippen molar-refractivity contribution in [3.05, 3.63) is 11.6 Å². The molecule has 0 aromatic carbocycles. The normalized spacial score (nSPS) is 45.6. The minimum atomic E-state index is -0.210. The molecule has 0 N–H and O–H groups in total. The molecule has 0 aromatic heterocycles. The van der Waals surface area contributed by atoms with Crippen molar-refractivity contribution in [1.29, 1.82) is 0 Å². The van der Waals surface area contributed by atoms with Crippen molar-refractivity contribution in [2.24, 2.45) is 28.6 Å². The molecule has 0 aromatic rings. The van der Waals surface area contributed by atoms with E-state index >= 15 is 0 Å². The zero-order chi connectivity index (χ0) is 16.2. The minimum absolute atomic E-state index is 0.185. The van der Waals surface area contributed by atoms with Crippen LogP contribution in [0.25, 0.3) is 0 Å². The Kier molecular flexibility index (Phi) is 3.34. The average molecular weight is 310 g/mol. The summed E-state index contributed by atoms with van der Waals surface area (Å²) in [4.78, 5) is 24.5. The highest BCUT2D eigenvalue weighted by Crippen LogP contribution is 2.65. The summed E-state index contributed by atoms with van der Waals surface area (Å²) in [5, 5.41) is 0. The average Bonchev–Trinajstić information content (AvgIpc) is 2.86. The summed E-state index contributed by atoms with van der Waals surface area (Å²) in [6.07, 6.45) is 16.0. The van der Waals surface area contributed by atoms with Gasteiger partial charge in [-0.3, -0.25) is 9.59 Å². The lowest BCUT2D eigenvalue weighted by Gasteiger charge is -2.57. The van der Waals surface area contributed by atoms with Crippen LogP contribution < -0.4 is 0 Å². The number of hydrogen-bond donors (Lipinski definition) is 0. The van der Waals surface area contributed by atoms with E-state index in [0.29, 0.717) is 42.2 Å². The SMILES string of the molecule is C#CC[C@]12CC[C@H]3[C@@H](CCC4=CC(=O)CC[C@@]43C)[C@@H]1CCC2=O. The van der Waals surface area contributed by atoms with Crippen LogP contribution >= 0.6 is 0 Å². The van der Waals surface area contributed by atoms with Crippen molar-refractivity contribution < 1.29 is 9.59 Å². The fraction of sp³-hybridized carbons (Fsp3) is 0.714. The summed E-state index contributed by atoms with van der Waals surface area (Å²) in [6, 6.07) is 0. The van der Waals surface area contributed by atoms with Gasteiger partial charge in [0.25, 0.3) is 0 Å². The fourth-order valence-electron chi connectivity index (χ4n) is 6.65. The van der Waals surface area contributed by atoms with Gasteiger partial charge in [0.2, 0.25) is 0 Å². The van der Waals surface area contributed by atoms with Crippen LogP contribution in [-0.4, -0.2) is 11.6 Å². The van der Waals surface area contributed by atoms with E-state index in [1.54, 1.807) is 0 Å². The third kappa shape index (κ3) is 1.95. The molecule has 0 spiro atoms. The number of carbonyl (C=O) groups is 2. The Balaban J connectivity index is 1.70. The second-order valence-electron chi connectivity index (χ2n) is 8.51. The maximum Gasteiger partial charge on any atom is 0.155 e. The molecule has 0 radical (unpaired) electrons. The van der Waals surface area contributed by atoms with Crippen LogP contribution in [0.5, 0.6) is 0 Å². The first-order chi connectivity index (χ1) is 11.0. The van der Waals surface area contributed by atoms with Crippen molar-refractivity contribution in [3.63, 3.8) is 0 Å². The first-order valence-electron chi connectivity index (χ1n) is 9.22. The van der Waals surface area contributed by atoms with Gasteiger partial charge in [0.15, 0.2) is 5.78 Å². The largest absolute Gasteiger partial charge is 0.299 e. The van der Waals surface area contributed by atoms with E-state index in [4.69, 9.17) is 6.42 Å². The molecule has 2 heteroatoms. The zero-order valence-corrected chi connectivity index (χ0v) is 14.1. The maximum absolute atomic E-state index is 12.6. The van der Waals surface area contributed by atoms with E-state index in [2.05, 4.69) is 12.8 Å². The van der Waals surface area contributed by atoms with Gasteiger partial charge in [-0.15, -0.1) is 12.3 Å². The van der Waals surface area contributed by atoms with Gasteiger partial charge in [0, 0.05) is 24.7 Å². The van der Waals surface area contributed by atoms with Gasteiger partial charge in [-0.05, 0) is 67.8 Å². The molecule has 0 bridgehead atoms. The molecule has 122 valence electrons. The Bertz CT molecular complexity index is 637. The topological polar surface area (TPSA) is 34.1 Å². The van der Waals surface area contributed by atoms with Crippen LogP contribution in [0.1, 0.15) is 64.7 Å². The molecule has 0 aliphatic heterocycles. The summed E-state index contributed by atoms with van der Waals surface area (Å²) in [5.74, 6) is 5.31. The van der Waals surface area contributed by atoms with Gasteiger partial charge in [0.05, 0.1) is 0 Å². The standard InChI is InChI=1S/C21H26O2/c1-3-10-21-12-9-17-16(18(21)6-7-19(21)23)5-4-14-13-15(22)8-11-20(14,17)2/h1,13,16-18H,4-12H2,2H3/t16-,17+,18+,20+,21+/m1/s1. The summed E-state index contributed by atoms with van der Waals surface area (Å²) >= 11 is 0. The van der Waals surface area contributed by atoms with Crippen molar-refractivity contribution in [3.8, 4) is 12.3 Å². The maximum atomic E-state index is 12.6. The first-order valence-corrected chi connectivity index (χ1v) is 9.22. The fourth-order valence-corrected chi connectivity index (χ4v) is 6.65. The van der Waals surface area contributed by atoms with E-state index < -0.39 is 0 Å². The highest BCUT2D eigenvalue weighted by molar-refractivity contribution is 5.91. The smallest absolute Gasteiger partial charge is 0.155 e. The molecule has 3 saturated carbocycles. The lowest BCUT2D eigenvalue weighted by atomic mass is 9.47. The molecule has 0 saturated heterocycles. The molecule has 0 heterocycles. The van der Waals surface area contributed by atoms with Crippen LogP contribution in [0.15, 0.2) is 11.6 Å². The molecule has 0 unspecified atom stereocenters. The van der Waals surface area contributed by atoms with Gasteiger partial charge in [0.1, 0.15) is 5.78 Å². The summed E-state index contributed by atoms with van der Waals surface area (Å²) in [5.41, 5.74) is 1.37. The predicted octanol–water partition coefficient (Wildman–Crippen LogP) is 4.09. The summed E-state index contributed by atoms with van der Waals surface area (Å²) in [7, 11) is 0. The molecule has 23 heavy (non-hydrogen) atoms. The molecule has 4 aliphatic carbocycles. The van der Waals surface area contributed by atoms with Crippen LogP contribution in [0, 0.1) is 40.9 Å². The quantitative estimate of drug-likeness (QED) is 0.684. The molecular formula is C21H26O2. The van der Waals surface area contributed by atoms with Crippen molar-refractivity contribution in [2.45, 2.75) is 64.7 Å². The van der Waals surface area contributed by atoms with E-state index in [-0.39, 0.29) is 10.8 Å². The number of ketones is 2. The van der Waals surface area contributed by atoms with Crippen molar-refractivity contribution >= 4 is 11.6 Å². The molecule has 2 nitrogen and oxygen atoms in total. The van der Waals surface area contributed by atoms with Crippen LogP contribution in [0.4, 0.5) is 0 Å². The van der Waals surface area contributed by atoms with Gasteiger partial charge in [-0.25, -0.2) is 0 Å². The number of Topliss-reactive ketones (excluding diaryl/α,β-unsaturated/α-hetero) is 1.